The molecular formula is C43H70O14. The summed E-state index contributed by atoms with van der Waals surface area (Å²) in [6, 6.07) is 0. The highest BCUT2D eigenvalue weighted by molar-refractivity contribution is 5.75. The lowest BCUT2D eigenvalue weighted by molar-refractivity contribution is -0.375. The highest BCUT2D eigenvalue weighted by Crippen LogP contribution is 2.76. The number of methoxy groups -OCH3 is 1. The molecule has 7 aliphatic rings. The van der Waals surface area contributed by atoms with Gasteiger partial charge in [0.2, 0.25) is 0 Å². The van der Waals surface area contributed by atoms with Gasteiger partial charge < -0.3 is 64.5 Å². The fraction of sp³-hybridized carbons (Fsp3) is 0.930. The van der Waals surface area contributed by atoms with Crippen molar-refractivity contribution in [3.63, 3.8) is 0 Å². The van der Waals surface area contributed by atoms with E-state index in [2.05, 4.69) is 47.6 Å². The number of allylic oxidation sites excluding steroid dienone is 2. The second-order valence-corrected chi connectivity index (χ2v) is 21.0. The number of carbonyl (C=O) groups excluding carboxylic acids is 1. The van der Waals surface area contributed by atoms with Crippen molar-refractivity contribution in [2.45, 2.75) is 180 Å². The predicted octanol–water partition coefficient (Wildman–Crippen LogP) is 1.94. The smallest absolute Gasteiger partial charge is 0.337 e. The summed E-state index contributed by atoms with van der Waals surface area (Å²) in [6.45, 7) is 15.3. The van der Waals surface area contributed by atoms with Crippen LogP contribution in [0.5, 0.6) is 0 Å². The Morgan fingerprint density at radius 1 is 0.754 bits per heavy atom. The van der Waals surface area contributed by atoms with Gasteiger partial charge >= 0.3 is 5.97 Å². The van der Waals surface area contributed by atoms with E-state index in [4.69, 9.17) is 23.7 Å². The van der Waals surface area contributed by atoms with Gasteiger partial charge in [-0.1, -0.05) is 60.1 Å². The fourth-order valence-electron chi connectivity index (χ4n) is 13.8. The molecule has 5 aliphatic carbocycles. The molecule has 20 atom stereocenters. The molecule has 4 saturated carbocycles. The Morgan fingerprint density at radius 2 is 1.46 bits per heavy atom. The zero-order valence-electron chi connectivity index (χ0n) is 35.0. The van der Waals surface area contributed by atoms with E-state index in [1.54, 1.807) is 0 Å². The number of hydrogen-bond acceptors (Lipinski definition) is 14. The Hall–Kier alpha value is -1.27. The van der Waals surface area contributed by atoms with Gasteiger partial charge in [0.15, 0.2) is 18.7 Å². The molecular weight excluding hydrogens is 740 g/mol. The number of rotatable bonds is 7. The molecule has 0 aromatic carbocycles. The molecule has 57 heavy (non-hydrogen) atoms. The number of carbonyl (C=O) groups is 1. The maximum absolute atomic E-state index is 12.8. The Morgan fingerprint density at radius 3 is 2.11 bits per heavy atom. The molecule has 14 heteroatoms. The Bertz CT molecular complexity index is 1540. The van der Waals surface area contributed by atoms with E-state index in [-0.39, 0.29) is 45.7 Å². The van der Waals surface area contributed by atoms with Crippen LogP contribution in [0.25, 0.3) is 0 Å². The minimum Gasteiger partial charge on any atom is -0.467 e. The summed E-state index contributed by atoms with van der Waals surface area (Å²) < 4.78 is 29.1. The summed E-state index contributed by atoms with van der Waals surface area (Å²) >= 11 is 0. The number of fused-ring (bicyclic) bond motifs is 7. The molecule has 8 N–H and O–H groups in total. The lowest BCUT2D eigenvalue weighted by Crippen LogP contribution is -2.68. The van der Waals surface area contributed by atoms with Crippen LogP contribution >= 0.6 is 0 Å². The van der Waals surface area contributed by atoms with Gasteiger partial charge in [-0.2, -0.15) is 0 Å². The highest BCUT2D eigenvalue weighted by atomic mass is 16.8. The molecule has 2 saturated heterocycles. The van der Waals surface area contributed by atoms with Crippen molar-refractivity contribution in [2.24, 2.45) is 50.2 Å². The second kappa shape index (κ2) is 15.0. The molecule has 2 aliphatic heterocycles. The van der Waals surface area contributed by atoms with Gasteiger partial charge in [-0.25, -0.2) is 4.79 Å². The standard InChI is InChI=1S/C43H70O14/c1-38(2)17-22-21-9-10-25-40(4)13-12-27(41(5,20-45)24(40)11-14-43(25,7)42(21,6)16-15-39(22,3)26(46)18-38)55-37-34(31(50)30(49)33(56-37)35(52)53-8)57-36-32(51)29(48)28(47)23(19-44)54-36/h9,22-34,36-37,44-51H,10-20H2,1-8H3/t22-,23+,24+,25+,26+,27-,28-,29-,30-,31-,32+,33-,34+,36-,37+,39+,40-,41+,42+,43+/m0/s1. The van der Waals surface area contributed by atoms with E-state index in [1.807, 2.05) is 6.92 Å². The van der Waals surface area contributed by atoms with Gasteiger partial charge in [-0.3, -0.25) is 0 Å². The molecule has 14 nitrogen and oxygen atoms in total. The van der Waals surface area contributed by atoms with E-state index < -0.39 is 85.5 Å². The first-order valence-electron chi connectivity index (χ1n) is 21.3. The zero-order chi connectivity index (χ0) is 41.8. The van der Waals surface area contributed by atoms with Crippen molar-refractivity contribution in [3.05, 3.63) is 11.6 Å². The Kier molecular flexibility index (Phi) is 11.5. The van der Waals surface area contributed by atoms with Crippen LogP contribution in [-0.2, 0) is 28.5 Å². The Balaban J connectivity index is 1.18. The highest BCUT2D eigenvalue weighted by Gasteiger charge is 2.69. The molecule has 326 valence electrons. The minimum atomic E-state index is -1.84. The average Bonchev–Trinajstić information content (AvgIpc) is 3.16. The lowest BCUT2D eigenvalue weighted by atomic mass is 9.33. The summed E-state index contributed by atoms with van der Waals surface area (Å²) in [4.78, 5) is 12.8. The largest absolute Gasteiger partial charge is 0.467 e. The molecule has 0 aromatic heterocycles. The summed E-state index contributed by atoms with van der Waals surface area (Å²) in [5.74, 6) is -0.317. The van der Waals surface area contributed by atoms with Gasteiger partial charge in [0.25, 0.3) is 0 Å². The fourth-order valence-corrected chi connectivity index (χ4v) is 13.8. The number of aliphatic hydroxyl groups excluding tert-OH is 8. The topological polar surface area (TPSA) is 225 Å². The van der Waals surface area contributed by atoms with Gasteiger partial charge in [0, 0.05) is 10.8 Å². The molecule has 0 bridgehead atoms. The summed E-state index contributed by atoms with van der Waals surface area (Å²) in [6.07, 6.45) is -7.33. The summed E-state index contributed by atoms with van der Waals surface area (Å²) in [7, 11) is 1.12. The normalized spacial score (nSPS) is 54.7. The minimum absolute atomic E-state index is 0.00925. The van der Waals surface area contributed by atoms with E-state index >= 15 is 0 Å². The zero-order valence-corrected chi connectivity index (χ0v) is 35.0. The van der Waals surface area contributed by atoms with Gasteiger partial charge in [0.1, 0.15) is 42.7 Å². The van der Waals surface area contributed by atoms with Crippen molar-refractivity contribution >= 4 is 5.97 Å². The third-order valence-electron chi connectivity index (χ3n) is 17.6. The van der Waals surface area contributed by atoms with Crippen LogP contribution in [0.2, 0.25) is 0 Å². The van der Waals surface area contributed by atoms with E-state index in [9.17, 15) is 45.6 Å². The predicted molar refractivity (Wildman–Crippen MR) is 204 cm³/mol. The van der Waals surface area contributed by atoms with Crippen LogP contribution in [0.3, 0.4) is 0 Å². The summed E-state index contributed by atoms with van der Waals surface area (Å²) in [5, 5.41) is 86.7. The third kappa shape index (κ3) is 6.52. The Labute approximate surface area is 336 Å². The third-order valence-corrected chi connectivity index (χ3v) is 17.6. The molecule has 0 radical (unpaired) electrons. The maximum atomic E-state index is 12.8. The van der Waals surface area contributed by atoms with Gasteiger partial charge in [0.05, 0.1) is 32.5 Å². The first kappa shape index (κ1) is 43.8. The van der Waals surface area contributed by atoms with Crippen LogP contribution in [0, 0.1) is 50.2 Å². The molecule has 0 spiro atoms. The molecule has 6 fully saturated rings. The van der Waals surface area contributed by atoms with Crippen LogP contribution in [0.1, 0.15) is 106 Å². The van der Waals surface area contributed by atoms with Crippen molar-refractivity contribution in [2.75, 3.05) is 20.3 Å². The van der Waals surface area contributed by atoms with Crippen LogP contribution < -0.4 is 0 Å². The first-order chi connectivity index (χ1) is 26.6. The number of aliphatic hydroxyl groups is 8. The van der Waals surface area contributed by atoms with Crippen molar-refractivity contribution in [3.8, 4) is 0 Å². The molecule has 2 heterocycles. The van der Waals surface area contributed by atoms with E-state index in [0.717, 1.165) is 58.5 Å². The second-order valence-electron chi connectivity index (χ2n) is 21.0. The molecule has 0 amide bonds. The van der Waals surface area contributed by atoms with Crippen molar-refractivity contribution in [1.82, 2.24) is 0 Å². The van der Waals surface area contributed by atoms with Crippen molar-refractivity contribution < 1.29 is 69.3 Å². The first-order valence-corrected chi connectivity index (χ1v) is 21.3. The number of esters is 1. The number of ether oxygens (including phenoxy) is 5. The van der Waals surface area contributed by atoms with Gasteiger partial charge in [-0.15, -0.1) is 0 Å². The van der Waals surface area contributed by atoms with E-state index in [0.29, 0.717) is 18.3 Å². The SMILES string of the molecule is COC(=O)[C@H]1O[C@@H](O[C@H]2CC[C@@]3(C)[C@@H](CC[C@]4(C)[C@@H]3CC=C3[C@@H]5CC(C)(C)C[C@@H](O)[C@]5(C)CC[C@]34C)[C@@]2(C)CO)[C@H](O[C@@H]2O[C@H](CO)[C@H](O)[C@H](O)[C@H]2O)[C@@H](O)[C@@H]1O. The van der Waals surface area contributed by atoms with Crippen LogP contribution in [0.4, 0.5) is 0 Å². The average molecular weight is 811 g/mol. The molecule has 7 rings (SSSR count). The van der Waals surface area contributed by atoms with E-state index in [1.165, 1.54) is 5.57 Å². The maximum Gasteiger partial charge on any atom is 0.337 e. The lowest BCUT2D eigenvalue weighted by Gasteiger charge is -2.72. The van der Waals surface area contributed by atoms with Crippen LogP contribution in [0.15, 0.2) is 11.6 Å². The molecule has 0 unspecified atom stereocenters. The number of hydrogen-bond donors (Lipinski definition) is 8. The quantitative estimate of drug-likeness (QED) is 0.105. The van der Waals surface area contributed by atoms with Gasteiger partial charge in [-0.05, 0) is 97.2 Å². The van der Waals surface area contributed by atoms with Crippen molar-refractivity contribution in [1.29, 1.82) is 0 Å². The monoisotopic (exact) mass is 810 g/mol. The van der Waals surface area contributed by atoms with Crippen LogP contribution in [-0.4, -0.2) is 141 Å². The summed E-state index contributed by atoms with van der Waals surface area (Å²) in [5.41, 5.74) is 0.369. The molecule has 0 aromatic rings.